The molecule has 1 aromatic rings. The molecule has 3 aliphatic rings. The van der Waals surface area contributed by atoms with Crippen LogP contribution in [0.1, 0.15) is 68.4 Å². The van der Waals surface area contributed by atoms with Crippen LogP contribution >= 0.6 is 0 Å². The van der Waals surface area contributed by atoms with E-state index in [0.29, 0.717) is 24.8 Å². The van der Waals surface area contributed by atoms with Crippen molar-refractivity contribution in [3.63, 3.8) is 0 Å². The molecule has 166 valence electrons. The van der Waals surface area contributed by atoms with Crippen molar-refractivity contribution in [2.75, 3.05) is 32.7 Å². The summed E-state index contributed by atoms with van der Waals surface area (Å²) < 4.78 is 18.9. The smallest absolute Gasteiger partial charge is 0.228 e. The number of hydrogen-bond donors (Lipinski definition) is 1. The van der Waals surface area contributed by atoms with Crippen molar-refractivity contribution in [3.05, 3.63) is 23.1 Å². The van der Waals surface area contributed by atoms with E-state index in [1.807, 2.05) is 17.9 Å². The first-order valence-electron chi connectivity index (χ1n) is 11.6. The summed E-state index contributed by atoms with van der Waals surface area (Å²) in [5.74, 6) is 0.909. The average molecular weight is 420 g/mol. The minimum atomic E-state index is -0.973. The molecule has 3 atom stereocenters. The van der Waals surface area contributed by atoms with E-state index in [1.54, 1.807) is 6.08 Å². The van der Waals surface area contributed by atoms with Crippen LogP contribution in [-0.2, 0) is 11.2 Å². The highest BCUT2D eigenvalue weighted by Gasteiger charge is 2.33. The van der Waals surface area contributed by atoms with Crippen molar-refractivity contribution in [2.45, 2.75) is 70.1 Å². The van der Waals surface area contributed by atoms with E-state index in [0.717, 1.165) is 69.4 Å². The average Bonchev–Trinajstić information content (AvgIpc) is 3.17. The molecule has 0 bridgehead atoms. The van der Waals surface area contributed by atoms with Gasteiger partial charge in [-0.3, -0.25) is 4.79 Å². The quantitative estimate of drug-likeness (QED) is 0.767. The van der Waals surface area contributed by atoms with Gasteiger partial charge in [0.25, 0.3) is 0 Å². The molecular formula is C23H34FN3O3. The molecule has 0 radical (unpaired) electrons. The number of rotatable bonds is 6. The lowest BCUT2D eigenvalue weighted by atomic mass is 9.85. The summed E-state index contributed by atoms with van der Waals surface area (Å²) >= 11 is 0. The molecule has 2 fully saturated rings. The van der Waals surface area contributed by atoms with Gasteiger partial charge in [0.05, 0.1) is 17.7 Å². The van der Waals surface area contributed by atoms with Gasteiger partial charge in [-0.2, -0.15) is 0 Å². The number of aliphatic hydroxyl groups is 1. The first-order chi connectivity index (χ1) is 14.6. The molecule has 1 aliphatic heterocycles. The maximum Gasteiger partial charge on any atom is 0.228 e. The Morgan fingerprint density at radius 3 is 2.80 bits per heavy atom. The predicted molar refractivity (Wildman–Crippen MR) is 113 cm³/mol. The van der Waals surface area contributed by atoms with Gasteiger partial charge in [0.2, 0.25) is 5.91 Å². The molecule has 0 aromatic carbocycles. The number of likely N-dealkylation sites (N-methyl/N-ethyl adjacent to an activating group) is 1. The van der Waals surface area contributed by atoms with Crippen LogP contribution in [-0.4, -0.2) is 71.0 Å². The summed E-state index contributed by atoms with van der Waals surface area (Å²) in [7, 11) is 0. The van der Waals surface area contributed by atoms with Crippen LogP contribution in [0.15, 0.2) is 10.6 Å². The topological polar surface area (TPSA) is 69.8 Å². The number of piperidine rings is 1. The van der Waals surface area contributed by atoms with Gasteiger partial charge >= 0.3 is 0 Å². The molecule has 30 heavy (non-hydrogen) atoms. The fourth-order valence-electron chi connectivity index (χ4n) is 5.16. The monoisotopic (exact) mass is 419 g/mol. The van der Waals surface area contributed by atoms with Gasteiger partial charge in [0, 0.05) is 37.5 Å². The summed E-state index contributed by atoms with van der Waals surface area (Å²) in [5.41, 5.74) is 1.96. The lowest BCUT2D eigenvalue weighted by molar-refractivity contribution is -0.141. The number of alkyl halides is 1. The first kappa shape index (κ1) is 21.5. The van der Waals surface area contributed by atoms with Crippen LogP contribution < -0.4 is 0 Å². The molecule has 1 saturated heterocycles. The molecular weight excluding hydrogens is 385 g/mol. The van der Waals surface area contributed by atoms with Crippen molar-refractivity contribution in [2.24, 2.45) is 5.92 Å². The molecule has 2 aliphatic carbocycles. The Bertz CT molecular complexity index is 757. The summed E-state index contributed by atoms with van der Waals surface area (Å²) in [6.07, 6.45) is 7.84. The zero-order valence-electron chi connectivity index (χ0n) is 17.9. The molecule has 4 rings (SSSR count). The molecule has 1 amide bonds. The van der Waals surface area contributed by atoms with Crippen molar-refractivity contribution in [1.82, 2.24) is 15.0 Å². The molecule has 2 heterocycles. The Morgan fingerprint density at radius 1 is 1.30 bits per heavy atom. The summed E-state index contributed by atoms with van der Waals surface area (Å²) in [6, 6.07) is 0. The number of carbonyl (C=O) groups excluding carboxylic acids is 1. The van der Waals surface area contributed by atoms with Gasteiger partial charge in [0.1, 0.15) is 11.9 Å². The number of amides is 1. The molecule has 1 N–H and O–H groups in total. The van der Waals surface area contributed by atoms with Crippen LogP contribution in [0.25, 0.3) is 6.08 Å². The highest BCUT2D eigenvalue weighted by atomic mass is 19.1. The molecule has 7 heteroatoms. The van der Waals surface area contributed by atoms with E-state index in [9.17, 15) is 14.3 Å². The van der Waals surface area contributed by atoms with Gasteiger partial charge in [-0.1, -0.05) is 24.1 Å². The van der Waals surface area contributed by atoms with E-state index in [1.165, 1.54) is 0 Å². The Balaban J connectivity index is 1.27. The molecule has 0 spiro atoms. The van der Waals surface area contributed by atoms with E-state index in [4.69, 9.17) is 4.52 Å². The third-order valence-electron chi connectivity index (χ3n) is 7.08. The van der Waals surface area contributed by atoms with Crippen LogP contribution in [0.3, 0.4) is 0 Å². The highest BCUT2D eigenvalue weighted by Crippen LogP contribution is 2.34. The summed E-state index contributed by atoms with van der Waals surface area (Å²) in [4.78, 5) is 17.2. The number of allylic oxidation sites excluding steroid dienone is 1. The number of aliphatic hydroxyl groups excluding tert-OH is 1. The SMILES string of the molecule is CCN(CCN1CCC(c2noc3c2C=CC(F)C3)CC1)C(=O)C1CCCCC1O. The minimum absolute atomic E-state index is 0.117. The number of fused-ring (bicyclic) bond motifs is 1. The minimum Gasteiger partial charge on any atom is -0.392 e. The second kappa shape index (κ2) is 9.60. The lowest BCUT2D eigenvalue weighted by Crippen LogP contribution is -2.46. The van der Waals surface area contributed by atoms with Crippen LogP contribution in [0.4, 0.5) is 4.39 Å². The number of nitrogens with zero attached hydrogens (tertiary/aromatic N) is 3. The van der Waals surface area contributed by atoms with Gasteiger partial charge in [0.15, 0.2) is 0 Å². The van der Waals surface area contributed by atoms with Crippen LogP contribution in [0.2, 0.25) is 0 Å². The first-order valence-corrected chi connectivity index (χ1v) is 11.6. The summed E-state index contributed by atoms with van der Waals surface area (Å²) in [5, 5.41) is 14.5. The van der Waals surface area contributed by atoms with E-state index in [-0.39, 0.29) is 18.2 Å². The van der Waals surface area contributed by atoms with Crippen molar-refractivity contribution in [3.8, 4) is 0 Å². The Kier molecular flexibility index (Phi) is 6.88. The van der Waals surface area contributed by atoms with Crippen molar-refractivity contribution < 1.29 is 18.8 Å². The maximum atomic E-state index is 13.5. The number of aromatic nitrogens is 1. The zero-order chi connectivity index (χ0) is 21.1. The Labute approximate surface area is 178 Å². The Morgan fingerprint density at radius 2 is 2.07 bits per heavy atom. The summed E-state index contributed by atoms with van der Waals surface area (Å²) in [6.45, 7) is 6.19. The fourth-order valence-corrected chi connectivity index (χ4v) is 5.16. The zero-order valence-corrected chi connectivity index (χ0v) is 17.9. The fraction of sp³-hybridized carbons (Fsp3) is 0.739. The van der Waals surface area contributed by atoms with Gasteiger partial charge in [-0.05, 0) is 51.8 Å². The molecule has 3 unspecified atom stereocenters. The number of carbonyl (C=O) groups is 1. The molecule has 1 aromatic heterocycles. The van der Waals surface area contributed by atoms with Crippen molar-refractivity contribution >= 4 is 12.0 Å². The maximum absolute atomic E-state index is 13.5. The van der Waals surface area contributed by atoms with Gasteiger partial charge < -0.3 is 19.4 Å². The van der Waals surface area contributed by atoms with Gasteiger partial charge in [-0.25, -0.2) is 4.39 Å². The molecule has 6 nitrogen and oxygen atoms in total. The highest BCUT2D eigenvalue weighted by molar-refractivity contribution is 5.79. The largest absolute Gasteiger partial charge is 0.392 e. The Hall–Kier alpha value is -1.73. The van der Waals surface area contributed by atoms with Gasteiger partial charge in [-0.15, -0.1) is 0 Å². The third-order valence-corrected chi connectivity index (χ3v) is 7.08. The van der Waals surface area contributed by atoms with E-state index in [2.05, 4.69) is 10.1 Å². The number of likely N-dealkylation sites (tertiary alicyclic amines) is 1. The second-order valence-electron chi connectivity index (χ2n) is 8.98. The van der Waals surface area contributed by atoms with Crippen LogP contribution in [0.5, 0.6) is 0 Å². The number of hydrogen-bond acceptors (Lipinski definition) is 5. The van der Waals surface area contributed by atoms with E-state index >= 15 is 0 Å². The normalized spacial score (nSPS) is 27.8. The standard InChI is InChI=1S/C23H34FN3O3/c1-2-27(23(29)18-5-3-4-6-20(18)28)14-13-26-11-9-16(10-12-26)22-19-8-7-17(24)15-21(19)30-25-22/h7-8,16-18,20,28H,2-6,9-15H2,1H3. The van der Waals surface area contributed by atoms with Crippen LogP contribution in [0, 0.1) is 5.92 Å². The predicted octanol–water partition coefficient (Wildman–Crippen LogP) is 3.16. The molecule has 1 saturated carbocycles. The van der Waals surface area contributed by atoms with E-state index < -0.39 is 12.3 Å². The number of halogens is 1. The lowest BCUT2D eigenvalue weighted by Gasteiger charge is -2.35. The second-order valence-corrected chi connectivity index (χ2v) is 8.98. The third kappa shape index (κ3) is 4.62. The van der Waals surface area contributed by atoms with Crippen molar-refractivity contribution in [1.29, 1.82) is 0 Å².